The highest BCUT2D eigenvalue weighted by atomic mass is 35.5. The number of aryl methyl sites for hydroxylation is 1. The fraction of sp³-hybridized carbons (Fsp3) is 0.100. The Morgan fingerprint density at radius 3 is 2.44 bits per heavy atom. The number of carboxylic acids is 1. The van der Waals surface area contributed by atoms with Gasteiger partial charge in [0.1, 0.15) is 33.0 Å². The first-order valence-electron chi connectivity index (χ1n) is 8.83. The van der Waals surface area contributed by atoms with Gasteiger partial charge in [-0.25, -0.2) is 8.42 Å². The number of ether oxygens (including phenoxy) is 1. The van der Waals surface area contributed by atoms with Gasteiger partial charge < -0.3 is 20.3 Å². The van der Waals surface area contributed by atoms with Crippen molar-refractivity contribution >= 4 is 44.8 Å². The van der Waals surface area contributed by atoms with Crippen LogP contribution in [0.4, 0.5) is 10.2 Å². The number of benzene rings is 2. The topological polar surface area (TPSA) is 126 Å². The summed E-state index contributed by atoms with van der Waals surface area (Å²) in [6.07, 6.45) is 0. The third kappa shape index (κ3) is 4.87. The largest absolute Gasteiger partial charge is 0.507 e. The van der Waals surface area contributed by atoms with Crippen molar-refractivity contribution in [2.75, 3.05) is 11.9 Å². The Kier molecular flexibility index (Phi) is 6.77. The molecule has 1 heterocycles. The van der Waals surface area contributed by atoms with Gasteiger partial charge in [0, 0.05) is 6.07 Å². The van der Waals surface area contributed by atoms with Crippen LogP contribution in [0.3, 0.4) is 0 Å². The molecule has 0 unspecified atom stereocenters. The lowest BCUT2D eigenvalue weighted by Gasteiger charge is -2.14. The van der Waals surface area contributed by atoms with E-state index in [1.807, 2.05) is 0 Å². The molecular formula is C20H15Cl2FN2O6S. The van der Waals surface area contributed by atoms with E-state index in [-0.39, 0.29) is 21.5 Å². The average Bonchev–Trinajstić information content (AvgIpc) is 2.74. The first kappa shape index (κ1) is 23.6. The summed E-state index contributed by atoms with van der Waals surface area (Å²) in [6.45, 7) is 1.19. The fourth-order valence-electron chi connectivity index (χ4n) is 2.60. The van der Waals surface area contributed by atoms with Crippen LogP contribution in [0.5, 0.6) is 17.2 Å². The highest BCUT2D eigenvalue weighted by Gasteiger charge is 2.24. The number of nitrogens with one attached hydrogen (secondary N) is 1. The summed E-state index contributed by atoms with van der Waals surface area (Å²) in [4.78, 5) is 13.7. The maximum Gasteiger partial charge on any atom is 0.322 e. The standard InChI is InChI=1S/C20H15Cl2FN2O6S/c1-10-2-5-12(6-3-10)32(29,30)14-8-11(4-7-13(14)26)31-18-16(21)19(23)25-20(17(18)22)24-9-15(27)28/h2-8,26H,9H2,1H3,(H,24,25)(H,27,28). The summed E-state index contributed by atoms with van der Waals surface area (Å²) in [5, 5.41) is 20.3. The van der Waals surface area contributed by atoms with Crippen molar-refractivity contribution < 1.29 is 32.6 Å². The van der Waals surface area contributed by atoms with Crippen LogP contribution in [0.25, 0.3) is 0 Å². The number of sulfone groups is 1. The maximum atomic E-state index is 14.1. The molecule has 0 spiro atoms. The van der Waals surface area contributed by atoms with E-state index in [4.69, 9.17) is 33.0 Å². The van der Waals surface area contributed by atoms with Crippen LogP contribution in [0.1, 0.15) is 5.56 Å². The van der Waals surface area contributed by atoms with Crippen molar-refractivity contribution in [3.8, 4) is 17.2 Å². The summed E-state index contributed by atoms with van der Waals surface area (Å²) in [7, 11) is -4.12. The van der Waals surface area contributed by atoms with E-state index in [0.29, 0.717) is 0 Å². The lowest BCUT2D eigenvalue weighted by molar-refractivity contribution is -0.134. The van der Waals surface area contributed by atoms with Gasteiger partial charge in [0.2, 0.25) is 15.8 Å². The van der Waals surface area contributed by atoms with E-state index in [1.165, 1.54) is 18.2 Å². The number of nitrogens with zero attached hydrogens (tertiary/aromatic N) is 1. The number of carboxylic acid groups (broad SMARTS) is 1. The number of aromatic hydroxyl groups is 1. The Balaban J connectivity index is 2.03. The van der Waals surface area contributed by atoms with Gasteiger partial charge in [0.25, 0.3) is 0 Å². The molecule has 168 valence electrons. The highest BCUT2D eigenvalue weighted by molar-refractivity contribution is 7.91. The van der Waals surface area contributed by atoms with Crippen LogP contribution in [-0.2, 0) is 14.6 Å². The number of anilines is 1. The number of hydrogen-bond donors (Lipinski definition) is 3. The summed E-state index contributed by atoms with van der Waals surface area (Å²) in [5.41, 5.74) is 0.849. The monoisotopic (exact) mass is 500 g/mol. The Morgan fingerprint density at radius 1 is 1.16 bits per heavy atom. The number of pyridine rings is 1. The number of phenols is 1. The Bertz CT molecular complexity index is 1300. The Morgan fingerprint density at radius 2 is 1.81 bits per heavy atom. The summed E-state index contributed by atoms with van der Waals surface area (Å²) in [5.74, 6) is -3.85. The van der Waals surface area contributed by atoms with E-state index in [1.54, 1.807) is 19.1 Å². The minimum Gasteiger partial charge on any atom is -0.507 e. The van der Waals surface area contributed by atoms with Crippen LogP contribution in [0.2, 0.25) is 10.0 Å². The first-order valence-corrected chi connectivity index (χ1v) is 11.1. The van der Waals surface area contributed by atoms with Crippen molar-refractivity contribution in [2.45, 2.75) is 16.7 Å². The molecule has 3 aromatic rings. The molecule has 0 bridgehead atoms. The van der Waals surface area contributed by atoms with Gasteiger partial charge in [-0.3, -0.25) is 4.79 Å². The smallest absolute Gasteiger partial charge is 0.322 e. The Labute approximate surface area is 192 Å². The molecule has 12 heteroatoms. The second-order valence-corrected chi connectivity index (χ2v) is 9.18. The highest BCUT2D eigenvalue weighted by Crippen LogP contribution is 2.42. The van der Waals surface area contributed by atoms with Gasteiger partial charge in [-0.2, -0.15) is 9.37 Å². The zero-order chi connectivity index (χ0) is 23.6. The molecule has 0 radical (unpaired) electrons. The van der Waals surface area contributed by atoms with Gasteiger partial charge in [-0.1, -0.05) is 40.9 Å². The minimum atomic E-state index is -4.12. The molecular weight excluding hydrogens is 486 g/mol. The van der Waals surface area contributed by atoms with Crippen molar-refractivity contribution in [1.82, 2.24) is 4.98 Å². The van der Waals surface area contributed by atoms with E-state index in [2.05, 4.69) is 10.3 Å². The third-order valence-corrected chi connectivity index (χ3v) is 6.65. The van der Waals surface area contributed by atoms with Crippen LogP contribution in [0.15, 0.2) is 52.3 Å². The molecule has 3 N–H and O–H groups in total. The van der Waals surface area contributed by atoms with E-state index in [0.717, 1.165) is 17.7 Å². The summed E-state index contributed by atoms with van der Waals surface area (Å²) in [6, 6.07) is 9.33. The molecule has 0 fully saturated rings. The van der Waals surface area contributed by atoms with E-state index >= 15 is 0 Å². The van der Waals surface area contributed by atoms with Gasteiger partial charge in [0.15, 0.2) is 11.6 Å². The van der Waals surface area contributed by atoms with Crippen molar-refractivity contribution in [1.29, 1.82) is 0 Å². The molecule has 8 nitrogen and oxygen atoms in total. The second-order valence-electron chi connectivity index (χ2n) is 6.50. The molecule has 32 heavy (non-hydrogen) atoms. The van der Waals surface area contributed by atoms with E-state index in [9.17, 15) is 22.7 Å². The molecule has 0 atom stereocenters. The predicted molar refractivity (Wildman–Crippen MR) is 115 cm³/mol. The molecule has 0 aliphatic rings. The van der Waals surface area contributed by atoms with Gasteiger partial charge in [-0.05, 0) is 31.2 Å². The van der Waals surface area contributed by atoms with Gasteiger partial charge in [-0.15, -0.1) is 0 Å². The molecule has 1 aromatic heterocycles. The van der Waals surface area contributed by atoms with E-state index < -0.39 is 49.7 Å². The van der Waals surface area contributed by atoms with Crippen molar-refractivity contribution in [3.63, 3.8) is 0 Å². The number of aliphatic carboxylic acids is 1. The lowest BCUT2D eigenvalue weighted by Crippen LogP contribution is -2.14. The quantitative estimate of drug-likeness (QED) is 0.399. The van der Waals surface area contributed by atoms with Gasteiger partial charge in [0.05, 0.1) is 4.90 Å². The second kappa shape index (κ2) is 9.19. The minimum absolute atomic E-state index is 0.0540. The predicted octanol–water partition coefficient (Wildman–Crippen LogP) is 4.66. The molecule has 0 amide bonds. The van der Waals surface area contributed by atoms with Crippen LogP contribution in [0, 0.1) is 12.9 Å². The Hall–Kier alpha value is -3.08. The molecule has 2 aromatic carbocycles. The number of carbonyl (C=O) groups is 1. The molecule has 0 saturated heterocycles. The number of aromatic nitrogens is 1. The molecule has 0 aliphatic heterocycles. The van der Waals surface area contributed by atoms with Crippen molar-refractivity contribution in [2.24, 2.45) is 0 Å². The maximum absolute atomic E-state index is 14.1. The average molecular weight is 501 g/mol. The van der Waals surface area contributed by atoms with Crippen LogP contribution < -0.4 is 10.1 Å². The first-order chi connectivity index (χ1) is 15.0. The SMILES string of the molecule is Cc1ccc(S(=O)(=O)c2cc(Oc3c(Cl)c(F)nc(NCC(=O)O)c3Cl)ccc2O)cc1. The number of phenolic OH excluding ortho intramolecular Hbond substituents is 1. The number of rotatable bonds is 7. The lowest BCUT2D eigenvalue weighted by atomic mass is 10.2. The summed E-state index contributed by atoms with van der Waals surface area (Å²) >= 11 is 12.0. The zero-order valence-electron chi connectivity index (χ0n) is 16.3. The van der Waals surface area contributed by atoms with Crippen LogP contribution >= 0.6 is 23.2 Å². The normalized spacial score (nSPS) is 11.2. The molecule has 3 rings (SSSR count). The van der Waals surface area contributed by atoms with Crippen molar-refractivity contribution in [3.05, 3.63) is 64.0 Å². The van der Waals surface area contributed by atoms with Crippen LogP contribution in [-0.4, -0.2) is 36.1 Å². The van der Waals surface area contributed by atoms with Gasteiger partial charge >= 0.3 is 5.97 Å². The fourth-order valence-corrected chi connectivity index (χ4v) is 4.42. The molecule has 0 saturated carbocycles. The zero-order valence-corrected chi connectivity index (χ0v) is 18.6. The molecule has 0 aliphatic carbocycles. The summed E-state index contributed by atoms with van der Waals surface area (Å²) < 4.78 is 45.6. The third-order valence-electron chi connectivity index (χ3n) is 4.18. The number of hydrogen-bond acceptors (Lipinski definition) is 7. The number of halogens is 3.